The third kappa shape index (κ3) is 2.80. The zero-order valence-electron chi connectivity index (χ0n) is 10.5. The van der Waals surface area contributed by atoms with Crippen LogP contribution in [0.3, 0.4) is 0 Å². The topological polar surface area (TPSA) is 28.2 Å². The largest absolute Gasteiger partial charge is 0.348 e. The highest BCUT2D eigenvalue weighted by Gasteiger charge is 2.24. The first-order valence-corrected chi connectivity index (χ1v) is 7.60. The van der Waals surface area contributed by atoms with Crippen LogP contribution in [0.2, 0.25) is 0 Å². The molecule has 1 atom stereocenters. The average molecular weight is 251 g/mol. The van der Waals surface area contributed by atoms with Gasteiger partial charge in [0.05, 0.1) is 0 Å². The third-order valence-electron chi connectivity index (χ3n) is 3.82. The average Bonchev–Trinajstić information content (AvgIpc) is 2.89. The molecule has 1 aromatic rings. The fourth-order valence-corrected chi connectivity index (χ4v) is 3.29. The molecular weight excluding hydrogens is 230 g/mol. The van der Waals surface area contributed by atoms with Gasteiger partial charge in [-0.1, -0.05) is 13.3 Å². The van der Waals surface area contributed by atoms with E-state index < -0.39 is 0 Å². The molecule has 1 saturated carbocycles. The van der Waals surface area contributed by atoms with E-state index >= 15 is 0 Å². The van der Waals surface area contributed by atoms with Gasteiger partial charge in [0.1, 0.15) is 0 Å². The number of hydrogen-bond donors (Lipinski definition) is 1. The Morgan fingerprint density at radius 3 is 3.06 bits per heavy atom. The van der Waals surface area contributed by atoms with E-state index in [9.17, 15) is 0 Å². The Hall–Kier alpha value is -0.610. The highest BCUT2D eigenvalue weighted by Crippen LogP contribution is 2.29. The molecule has 3 nitrogen and oxygen atoms in total. The van der Waals surface area contributed by atoms with Gasteiger partial charge in [-0.05, 0) is 25.2 Å². The summed E-state index contributed by atoms with van der Waals surface area (Å²) in [5.74, 6) is 0.881. The second-order valence-electron chi connectivity index (χ2n) is 5.27. The van der Waals surface area contributed by atoms with Crippen LogP contribution in [0.15, 0.2) is 6.20 Å². The van der Waals surface area contributed by atoms with E-state index in [0.29, 0.717) is 0 Å². The standard InChI is InChI=1S/C13H21N3S/c1-2-10-5-6-16(9-10)13-15-8-12(17-13)7-14-11-3-4-11/h8,10-11,14H,2-7,9H2,1H3. The van der Waals surface area contributed by atoms with Crippen LogP contribution in [0.5, 0.6) is 0 Å². The quantitative estimate of drug-likeness (QED) is 0.872. The predicted octanol–water partition coefficient (Wildman–Crippen LogP) is 2.63. The number of aromatic nitrogens is 1. The summed E-state index contributed by atoms with van der Waals surface area (Å²) in [5.41, 5.74) is 0. The first-order valence-electron chi connectivity index (χ1n) is 6.78. The molecule has 4 heteroatoms. The zero-order chi connectivity index (χ0) is 11.7. The van der Waals surface area contributed by atoms with Crippen LogP contribution >= 0.6 is 11.3 Å². The molecule has 0 amide bonds. The lowest BCUT2D eigenvalue weighted by atomic mass is 10.1. The first kappa shape index (κ1) is 11.5. The maximum atomic E-state index is 4.57. The molecule has 2 aliphatic rings. The number of hydrogen-bond acceptors (Lipinski definition) is 4. The fourth-order valence-electron chi connectivity index (χ4n) is 2.40. The number of thiazole rings is 1. The van der Waals surface area contributed by atoms with Crippen molar-refractivity contribution in [3.05, 3.63) is 11.1 Å². The minimum Gasteiger partial charge on any atom is -0.348 e. The van der Waals surface area contributed by atoms with Crippen molar-refractivity contribution in [2.75, 3.05) is 18.0 Å². The smallest absolute Gasteiger partial charge is 0.185 e. The van der Waals surface area contributed by atoms with Crippen molar-refractivity contribution in [3.63, 3.8) is 0 Å². The zero-order valence-corrected chi connectivity index (χ0v) is 11.3. The van der Waals surface area contributed by atoms with E-state index in [4.69, 9.17) is 0 Å². The molecule has 17 heavy (non-hydrogen) atoms. The van der Waals surface area contributed by atoms with Crippen LogP contribution in [0, 0.1) is 5.92 Å². The highest BCUT2D eigenvalue weighted by atomic mass is 32.1. The first-order chi connectivity index (χ1) is 8.35. The summed E-state index contributed by atoms with van der Waals surface area (Å²) in [6.45, 7) is 5.70. The lowest BCUT2D eigenvalue weighted by Gasteiger charge is -2.13. The second kappa shape index (κ2) is 4.94. The summed E-state index contributed by atoms with van der Waals surface area (Å²) in [6, 6.07) is 0.789. The monoisotopic (exact) mass is 251 g/mol. The highest BCUT2D eigenvalue weighted by molar-refractivity contribution is 7.15. The molecule has 94 valence electrons. The predicted molar refractivity (Wildman–Crippen MR) is 72.6 cm³/mol. The molecule has 3 rings (SSSR count). The fraction of sp³-hybridized carbons (Fsp3) is 0.769. The van der Waals surface area contributed by atoms with E-state index in [1.165, 1.54) is 48.8 Å². The molecule has 0 radical (unpaired) electrons. The molecule has 0 bridgehead atoms. The molecule has 1 aliphatic carbocycles. The van der Waals surface area contributed by atoms with E-state index in [0.717, 1.165) is 18.5 Å². The molecular formula is C13H21N3S. The molecule has 2 fully saturated rings. The molecule has 1 N–H and O–H groups in total. The Balaban J connectivity index is 1.56. The summed E-state index contributed by atoms with van der Waals surface area (Å²) < 4.78 is 0. The Labute approximate surface area is 107 Å². The molecule has 0 spiro atoms. The van der Waals surface area contributed by atoms with Crippen LogP contribution in [0.4, 0.5) is 5.13 Å². The summed E-state index contributed by atoms with van der Waals surface area (Å²) >= 11 is 1.86. The van der Waals surface area contributed by atoms with Crippen molar-refractivity contribution in [1.82, 2.24) is 10.3 Å². The van der Waals surface area contributed by atoms with Crippen LogP contribution in [0.25, 0.3) is 0 Å². The van der Waals surface area contributed by atoms with Crippen LogP contribution in [0.1, 0.15) is 37.5 Å². The van der Waals surface area contributed by atoms with Gasteiger partial charge in [0.25, 0.3) is 0 Å². The minimum absolute atomic E-state index is 0.789. The van der Waals surface area contributed by atoms with Crippen molar-refractivity contribution in [3.8, 4) is 0 Å². The van der Waals surface area contributed by atoms with Gasteiger partial charge in [-0.2, -0.15) is 0 Å². The Morgan fingerprint density at radius 2 is 2.35 bits per heavy atom. The Kier molecular flexibility index (Phi) is 3.34. The van der Waals surface area contributed by atoms with Gasteiger partial charge in [-0.25, -0.2) is 4.98 Å². The van der Waals surface area contributed by atoms with Crippen molar-refractivity contribution in [2.45, 2.75) is 45.2 Å². The lowest BCUT2D eigenvalue weighted by Crippen LogP contribution is -2.19. The molecule has 1 aliphatic heterocycles. The Bertz CT molecular complexity index is 372. The summed E-state index contributed by atoms with van der Waals surface area (Å²) in [7, 11) is 0. The summed E-state index contributed by atoms with van der Waals surface area (Å²) in [5, 5.41) is 4.78. The van der Waals surface area contributed by atoms with E-state index in [2.05, 4.69) is 28.3 Å². The summed E-state index contributed by atoms with van der Waals surface area (Å²) in [6.07, 6.45) is 7.41. The number of rotatable bonds is 5. The van der Waals surface area contributed by atoms with Crippen molar-refractivity contribution in [2.24, 2.45) is 5.92 Å². The van der Waals surface area contributed by atoms with Gasteiger partial charge in [0.2, 0.25) is 0 Å². The van der Waals surface area contributed by atoms with Gasteiger partial charge in [-0.15, -0.1) is 11.3 Å². The molecule has 0 aromatic carbocycles. The third-order valence-corrected chi connectivity index (χ3v) is 4.88. The van der Waals surface area contributed by atoms with Gasteiger partial charge < -0.3 is 10.2 Å². The molecule has 1 unspecified atom stereocenters. The van der Waals surface area contributed by atoms with Crippen LogP contribution < -0.4 is 10.2 Å². The molecule has 1 aromatic heterocycles. The minimum atomic E-state index is 0.789. The van der Waals surface area contributed by atoms with Crippen molar-refractivity contribution in [1.29, 1.82) is 0 Å². The van der Waals surface area contributed by atoms with Crippen molar-refractivity contribution >= 4 is 16.5 Å². The maximum Gasteiger partial charge on any atom is 0.185 e. The normalized spacial score (nSPS) is 24.5. The molecule has 1 saturated heterocycles. The number of nitrogens with one attached hydrogen (secondary N) is 1. The molecule has 2 heterocycles. The van der Waals surface area contributed by atoms with Crippen LogP contribution in [-0.4, -0.2) is 24.1 Å². The lowest BCUT2D eigenvalue weighted by molar-refractivity contribution is 0.569. The van der Waals surface area contributed by atoms with Gasteiger partial charge in [-0.3, -0.25) is 0 Å². The van der Waals surface area contributed by atoms with Gasteiger partial charge >= 0.3 is 0 Å². The summed E-state index contributed by atoms with van der Waals surface area (Å²) in [4.78, 5) is 8.41. The number of anilines is 1. The van der Waals surface area contributed by atoms with E-state index in [-0.39, 0.29) is 0 Å². The SMILES string of the molecule is CCC1CCN(c2ncc(CNC3CC3)s2)C1. The Morgan fingerprint density at radius 1 is 1.47 bits per heavy atom. The number of nitrogens with zero attached hydrogens (tertiary/aromatic N) is 2. The second-order valence-corrected chi connectivity index (χ2v) is 6.37. The van der Waals surface area contributed by atoms with Gasteiger partial charge in [0.15, 0.2) is 5.13 Å². The van der Waals surface area contributed by atoms with E-state index in [1.54, 1.807) is 0 Å². The van der Waals surface area contributed by atoms with Gasteiger partial charge in [0, 0.05) is 36.8 Å². The maximum absolute atomic E-state index is 4.57. The van der Waals surface area contributed by atoms with Crippen LogP contribution in [-0.2, 0) is 6.54 Å². The van der Waals surface area contributed by atoms with Crippen molar-refractivity contribution < 1.29 is 0 Å². The van der Waals surface area contributed by atoms with E-state index in [1.807, 2.05) is 11.3 Å².